The molecule has 7 nitrogen and oxygen atoms in total. The third-order valence-electron chi connectivity index (χ3n) is 5.67. The summed E-state index contributed by atoms with van der Waals surface area (Å²) in [5.74, 6) is -0.539. The van der Waals surface area contributed by atoms with Crippen LogP contribution in [0.5, 0.6) is 0 Å². The number of carbonyl (C=O) groups excluding carboxylic acids is 2. The summed E-state index contributed by atoms with van der Waals surface area (Å²) in [5.41, 5.74) is 6.09. The summed E-state index contributed by atoms with van der Waals surface area (Å²) in [5, 5.41) is 0. The minimum Gasteiger partial charge on any atom is -0.369 e. The molecule has 154 valence electrons. The molecule has 0 bridgehead atoms. The summed E-state index contributed by atoms with van der Waals surface area (Å²) in [6.07, 6.45) is 2.30. The number of carbonyl (C=O) groups is 2. The zero-order valence-corrected chi connectivity index (χ0v) is 18.1. The Hall–Kier alpha value is -1.45. The number of hydrogen-bond acceptors (Lipinski definition) is 4. The predicted molar refractivity (Wildman–Crippen MR) is 110 cm³/mol. The van der Waals surface area contributed by atoms with Crippen LogP contribution < -0.4 is 5.73 Å². The number of amides is 2. The average molecular weight is 472 g/mol. The summed E-state index contributed by atoms with van der Waals surface area (Å²) in [6, 6.07) is 7.26. The summed E-state index contributed by atoms with van der Waals surface area (Å²) >= 11 is 3.35. The highest BCUT2D eigenvalue weighted by Gasteiger charge is 2.34. The molecule has 0 atom stereocenters. The first-order valence-corrected chi connectivity index (χ1v) is 12.0. The van der Waals surface area contributed by atoms with Gasteiger partial charge in [-0.25, -0.2) is 12.7 Å². The largest absolute Gasteiger partial charge is 0.369 e. The lowest BCUT2D eigenvalue weighted by Crippen LogP contribution is -2.47. The molecule has 0 aliphatic carbocycles. The number of hydrogen-bond donors (Lipinski definition) is 1. The predicted octanol–water partition coefficient (Wildman–Crippen LogP) is 1.71. The maximum atomic E-state index is 12.7. The Morgan fingerprint density at radius 2 is 1.50 bits per heavy atom. The Labute approximate surface area is 174 Å². The average Bonchev–Trinajstić information content (AvgIpc) is 2.69. The highest BCUT2D eigenvalue weighted by atomic mass is 79.9. The van der Waals surface area contributed by atoms with Gasteiger partial charge in [-0.3, -0.25) is 9.59 Å². The molecular formula is C19H26BrN3O4S. The van der Waals surface area contributed by atoms with Gasteiger partial charge in [0, 0.05) is 42.5 Å². The fraction of sp³-hybridized carbons (Fsp3) is 0.579. The van der Waals surface area contributed by atoms with E-state index in [1.165, 1.54) is 4.31 Å². The number of benzene rings is 1. The summed E-state index contributed by atoms with van der Waals surface area (Å²) in [7, 11) is -3.40. The van der Waals surface area contributed by atoms with Crippen molar-refractivity contribution in [1.82, 2.24) is 9.21 Å². The van der Waals surface area contributed by atoms with Gasteiger partial charge < -0.3 is 10.6 Å². The fourth-order valence-electron chi connectivity index (χ4n) is 3.91. The number of primary amides is 1. The second-order valence-corrected chi connectivity index (χ2v) is 10.4. The topological polar surface area (TPSA) is 101 Å². The molecule has 2 amide bonds. The lowest BCUT2D eigenvalue weighted by atomic mass is 9.92. The molecule has 2 aliphatic rings. The number of likely N-dealkylation sites (tertiary alicyclic amines) is 1. The van der Waals surface area contributed by atoms with Crippen LogP contribution in [-0.2, 0) is 25.4 Å². The van der Waals surface area contributed by atoms with E-state index in [1.54, 1.807) is 17.0 Å². The third kappa shape index (κ3) is 5.12. The van der Waals surface area contributed by atoms with E-state index in [0.717, 1.165) is 10.0 Å². The first kappa shape index (κ1) is 21.3. The van der Waals surface area contributed by atoms with Crippen molar-refractivity contribution in [1.29, 1.82) is 0 Å². The van der Waals surface area contributed by atoms with Gasteiger partial charge in [0.15, 0.2) is 0 Å². The second kappa shape index (κ2) is 8.92. The Morgan fingerprint density at radius 3 is 2.04 bits per heavy atom. The lowest BCUT2D eigenvalue weighted by molar-refractivity contribution is -0.139. The Kier molecular flexibility index (Phi) is 6.77. The van der Waals surface area contributed by atoms with Crippen LogP contribution in [0.3, 0.4) is 0 Å². The monoisotopic (exact) mass is 471 g/mol. The molecule has 0 aromatic heterocycles. The second-order valence-electron chi connectivity index (χ2n) is 7.56. The van der Waals surface area contributed by atoms with E-state index >= 15 is 0 Å². The van der Waals surface area contributed by atoms with E-state index in [0.29, 0.717) is 51.9 Å². The molecule has 2 aliphatic heterocycles. The third-order valence-corrected chi connectivity index (χ3v) is 8.05. The van der Waals surface area contributed by atoms with Gasteiger partial charge in [-0.1, -0.05) is 28.1 Å². The SMILES string of the molecule is NC(=O)C1CCN(C(=O)C2CCN(S(=O)(=O)Cc3ccc(Br)cc3)CC2)CC1. The smallest absolute Gasteiger partial charge is 0.225 e. The van der Waals surface area contributed by atoms with Gasteiger partial charge in [-0.05, 0) is 43.4 Å². The van der Waals surface area contributed by atoms with Crippen LogP contribution >= 0.6 is 15.9 Å². The lowest BCUT2D eigenvalue weighted by Gasteiger charge is -2.36. The molecule has 0 spiro atoms. The van der Waals surface area contributed by atoms with Crippen molar-refractivity contribution in [2.75, 3.05) is 26.2 Å². The van der Waals surface area contributed by atoms with E-state index in [1.807, 2.05) is 12.1 Å². The van der Waals surface area contributed by atoms with E-state index in [4.69, 9.17) is 5.73 Å². The molecule has 2 fully saturated rings. The van der Waals surface area contributed by atoms with Gasteiger partial charge in [-0.15, -0.1) is 0 Å². The minimum absolute atomic E-state index is 0.0283. The van der Waals surface area contributed by atoms with Crippen molar-refractivity contribution in [3.63, 3.8) is 0 Å². The number of halogens is 1. The number of rotatable bonds is 5. The number of nitrogens with zero attached hydrogens (tertiary/aromatic N) is 2. The van der Waals surface area contributed by atoms with E-state index in [-0.39, 0.29) is 29.4 Å². The van der Waals surface area contributed by atoms with Crippen LogP contribution in [0.25, 0.3) is 0 Å². The molecule has 2 saturated heterocycles. The van der Waals surface area contributed by atoms with Crippen molar-refractivity contribution in [2.24, 2.45) is 17.6 Å². The Bertz CT molecular complexity index is 812. The zero-order chi connectivity index (χ0) is 20.3. The molecule has 1 aromatic carbocycles. The van der Waals surface area contributed by atoms with Gasteiger partial charge in [-0.2, -0.15) is 0 Å². The quantitative estimate of drug-likeness (QED) is 0.705. The van der Waals surface area contributed by atoms with Crippen LogP contribution in [0.1, 0.15) is 31.2 Å². The molecule has 9 heteroatoms. The minimum atomic E-state index is -3.40. The van der Waals surface area contributed by atoms with Gasteiger partial charge in [0.05, 0.1) is 5.75 Å². The van der Waals surface area contributed by atoms with Crippen molar-refractivity contribution in [3.05, 3.63) is 34.3 Å². The fourth-order valence-corrected chi connectivity index (χ4v) is 5.73. The van der Waals surface area contributed by atoms with Crippen molar-refractivity contribution in [3.8, 4) is 0 Å². The highest BCUT2D eigenvalue weighted by Crippen LogP contribution is 2.26. The van der Waals surface area contributed by atoms with Crippen LogP contribution in [0, 0.1) is 11.8 Å². The standard InChI is InChI=1S/C19H26BrN3O4S/c20-17-3-1-14(2-4-17)13-28(26,27)23-11-7-16(8-12-23)19(25)22-9-5-15(6-10-22)18(21)24/h1-4,15-16H,5-13H2,(H2,21,24). The maximum absolute atomic E-state index is 12.7. The Morgan fingerprint density at radius 1 is 0.964 bits per heavy atom. The van der Waals surface area contributed by atoms with E-state index in [9.17, 15) is 18.0 Å². The van der Waals surface area contributed by atoms with E-state index < -0.39 is 10.0 Å². The zero-order valence-electron chi connectivity index (χ0n) is 15.7. The van der Waals surface area contributed by atoms with Crippen molar-refractivity contribution < 1.29 is 18.0 Å². The molecule has 3 rings (SSSR count). The van der Waals surface area contributed by atoms with Crippen LogP contribution in [0.2, 0.25) is 0 Å². The van der Waals surface area contributed by atoms with Gasteiger partial charge in [0.25, 0.3) is 0 Å². The summed E-state index contributed by atoms with van der Waals surface area (Å²) in [4.78, 5) is 25.8. The van der Waals surface area contributed by atoms with Gasteiger partial charge >= 0.3 is 0 Å². The van der Waals surface area contributed by atoms with Crippen molar-refractivity contribution in [2.45, 2.75) is 31.4 Å². The number of piperidine rings is 2. The summed E-state index contributed by atoms with van der Waals surface area (Å²) < 4.78 is 27.8. The first-order chi connectivity index (χ1) is 13.3. The van der Waals surface area contributed by atoms with Crippen LogP contribution in [-0.4, -0.2) is 55.6 Å². The first-order valence-electron chi connectivity index (χ1n) is 9.56. The van der Waals surface area contributed by atoms with Gasteiger partial charge in [0.2, 0.25) is 21.8 Å². The summed E-state index contributed by atoms with van der Waals surface area (Å²) in [6.45, 7) is 1.84. The van der Waals surface area contributed by atoms with Gasteiger partial charge in [0.1, 0.15) is 0 Å². The molecular weight excluding hydrogens is 446 g/mol. The van der Waals surface area contributed by atoms with Crippen LogP contribution in [0.4, 0.5) is 0 Å². The normalized spacial score (nSPS) is 20.2. The maximum Gasteiger partial charge on any atom is 0.225 e. The molecule has 0 unspecified atom stereocenters. The molecule has 2 N–H and O–H groups in total. The molecule has 1 aromatic rings. The van der Waals surface area contributed by atoms with Crippen LogP contribution in [0.15, 0.2) is 28.7 Å². The van der Waals surface area contributed by atoms with E-state index in [2.05, 4.69) is 15.9 Å². The molecule has 2 heterocycles. The highest BCUT2D eigenvalue weighted by molar-refractivity contribution is 9.10. The molecule has 0 saturated carbocycles. The molecule has 28 heavy (non-hydrogen) atoms. The van der Waals surface area contributed by atoms with Crippen molar-refractivity contribution >= 4 is 37.8 Å². The number of sulfonamides is 1. The molecule has 0 radical (unpaired) electrons. The Balaban J connectivity index is 1.51. The number of nitrogens with two attached hydrogens (primary N) is 1.